The minimum absolute atomic E-state index is 0.358. The van der Waals surface area contributed by atoms with Crippen molar-refractivity contribution in [2.45, 2.75) is 122 Å². The largest absolute Gasteiger partial charge is 0.375 e. The first kappa shape index (κ1) is 18.3. The lowest BCUT2D eigenvalue weighted by Crippen LogP contribution is -2.37. The van der Waals surface area contributed by atoms with Crippen molar-refractivity contribution in [1.29, 1.82) is 0 Å². The molecule has 0 bridgehead atoms. The average molecular weight is 309 g/mol. The summed E-state index contributed by atoms with van der Waals surface area (Å²) in [5.41, 5.74) is 1.26. The molecule has 0 N–H and O–H groups in total. The first-order valence-corrected chi connectivity index (χ1v) is 10.5. The monoisotopic (exact) mass is 308 g/mol. The zero-order chi connectivity index (χ0) is 15.7. The van der Waals surface area contributed by atoms with Crippen LogP contribution in [0.4, 0.5) is 0 Å². The van der Waals surface area contributed by atoms with Gasteiger partial charge < -0.3 is 4.74 Å². The molecule has 22 heavy (non-hydrogen) atoms. The molecule has 1 aliphatic heterocycles. The SMILES string of the molecule is C1CCC2(CC1)CCC2.C1CCC2(CC1)CCCCO2.CC. The fourth-order valence-corrected chi connectivity index (χ4v) is 4.98. The van der Waals surface area contributed by atoms with E-state index in [-0.39, 0.29) is 0 Å². The Morgan fingerprint density at radius 2 is 0.955 bits per heavy atom. The van der Waals surface area contributed by atoms with Gasteiger partial charge in [0, 0.05) is 6.61 Å². The molecule has 2 spiro atoms. The molecule has 0 unspecified atom stereocenters. The van der Waals surface area contributed by atoms with Gasteiger partial charge in [-0.2, -0.15) is 0 Å². The van der Waals surface area contributed by atoms with Crippen molar-refractivity contribution in [1.82, 2.24) is 0 Å². The minimum atomic E-state index is 0.358. The van der Waals surface area contributed by atoms with Gasteiger partial charge in [-0.05, 0) is 63.2 Å². The lowest BCUT2D eigenvalue weighted by Gasteiger charge is -2.45. The molecule has 0 aromatic rings. The van der Waals surface area contributed by atoms with E-state index in [9.17, 15) is 0 Å². The van der Waals surface area contributed by atoms with Gasteiger partial charge in [-0.3, -0.25) is 0 Å². The van der Waals surface area contributed by atoms with Crippen molar-refractivity contribution in [3.63, 3.8) is 0 Å². The lowest BCUT2D eigenvalue weighted by atomic mass is 9.61. The normalized spacial score (nSPS) is 28.6. The third-order valence-electron chi connectivity index (χ3n) is 6.53. The summed E-state index contributed by atoms with van der Waals surface area (Å²) in [6.07, 6.45) is 23.3. The highest BCUT2D eigenvalue weighted by atomic mass is 16.5. The zero-order valence-corrected chi connectivity index (χ0v) is 15.4. The summed E-state index contributed by atoms with van der Waals surface area (Å²) in [4.78, 5) is 0. The third kappa shape index (κ3) is 4.98. The standard InChI is InChI=1S/C10H18O.C9H16.C2H6/c1-2-6-10(7-3-1)8-4-5-9-11-10;1-2-5-9(6-3-1)7-4-8-9;1-2/h1-9H2;1-8H2;1-2H3. The van der Waals surface area contributed by atoms with E-state index in [2.05, 4.69) is 0 Å². The van der Waals surface area contributed by atoms with Crippen LogP contribution in [0.25, 0.3) is 0 Å². The molecule has 4 fully saturated rings. The Hall–Kier alpha value is -0.0400. The van der Waals surface area contributed by atoms with Crippen LogP contribution in [0.5, 0.6) is 0 Å². The van der Waals surface area contributed by atoms with E-state index in [4.69, 9.17) is 4.74 Å². The average Bonchev–Trinajstić information content (AvgIpc) is 2.58. The first-order chi connectivity index (χ1) is 10.8. The van der Waals surface area contributed by atoms with Crippen molar-refractivity contribution in [3.05, 3.63) is 0 Å². The van der Waals surface area contributed by atoms with Crippen LogP contribution in [0.2, 0.25) is 0 Å². The van der Waals surface area contributed by atoms with E-state index in [0.717, 1.165) is 12.0 Å². The zero-order valence-electron chi connectivity index (χ0n) is 15.4. The summed E-state index contributed by atoms with van der Waals surface area (Å²) < 4.78 is 5.91. The van der Waals surface area contributed by atoms with Gasteiger partial charge in [0.2, 0.25) is 0 Å². The molecule has 0 amide bonds. The maximum absolute atomic E-state index is 5.91. The van der Waals surface area contributed by atoms with Gasteiger partial charge in [-0.1, -0.05) is 58.8 Å². The molecule has 0 atom stereocenters. The van der Waals surface area contributed by atoms with Gasteiger partial charge in [0.25, 0.3) is 0 Å². The van der Waals surface area contributed by atoms with E-state index in [1.54, 1.807) is 25.7 Å². The predicted molar refractivity (Wildman–Crippen MR) is 96.3 cm³/mol. The topological polar surface area (TPSA) is 9.23 Å². The molecule has 3 aliphatic carbocycles. The van der Waals surface area contributed by atoms with Gasteiger partial charge in [0.05, 0.1) is 5.60 Å². The second kappa shape index (κ2) is 9.30. The number of hydrogen-bond acceptors (Lipinski definition) is 1. The molecule has 1 saturated heterocycles. The molecular weight excluding hydrogens is 268 g/mol. The summed E-state index contributed by atoms with van der Waals surface area (Å²) in [5.74, 6) is 0. The fraction of sp³-hybridized carbons (Fsp3) is 1.00. The number of hydrogen-bond donors (Lipinski definition) is 0. The van der Waals surface area contributed by atoms with E-state index in [1.807, 2.05) is 13.8 Å². The lowest BCUT2D eigenvalue weighted by molar-refractivity contribution is -0.0993. The second-order valence-corrected chi connectivity index (χ2v) is 7.96. The molecule has 4 rings (SSSR count). The Morgan fingerprint density at radius 1 is 0.500 bits per heavy atom. The highest BCUT2D eigenvalue weighted by Crippen LogP contribution is 2.51. The quantitative estimate of drug-likeness (QED) is 0.466. The van der Waals surface area contributed by atoms with Crippen LogP contribution >= 0.6 is 0 Å². The van der Waals surface area contributed by atoms with Gasteiger partial charge >= 0.3 is 0 Å². The van der Waals surface area contributed by atoms with E-state index in [1.165, 1.54) is 77.0 Å². The Kier molecular flexibility index (Phi) is 7.74. The molecule has 1 nitrogen and oxygen atoms in total. The Labute approximate surface area is 139 Å². The molecule has 130 valence electrons. The summed E-state index contributed by atoms with van der Waals surface area (Å²) in [6, 6.07) is 0. The highest BCUT2D eigenvalue weighted by Gasteiger charge is 2.37. The smallest absolute Gasteiger partial charge is 0.0682 e. The maximum atomic E-state index is 5.91. The van der Waals surface area contributed by atoms with Crippen LogP contribution in [0.3, 0.4) is 0 Å². The Bertz CT molecular complexity index is 253. The molecule has 0 radical (unpaired) electrons. The van der Waals surface area contributed by atoms with Crippen LogP contribution in [0, 0.1) is 5.41 Å². The highest BCUT2D eigenvalue weighted by molar-refractivity contribution is 4.89. The van der Waals surface area contributed by atoms with Gasteiger partial charge in [0.15, 0.2) is 0 Å². The molecule has 1 heterocycles. The minimum Gasteiger partial charge on any atom is -0.375 e. The summed E-state index contributed by atoms with van der Waals surface area (Å²) in [6.45, 7) is 5.03. The molecule has 3 saturated carbocycles. The van der Waals surface area contributed by atoms with Gasteiger partial charge in [-0.15, -0.1) is 0 Å². The van der Waals surface area contributed by atoms with Crippen LogP contribution < -0.4 is 0 Å². The van der Waals surface area contributed by atoms with Crippen molar-refractivity contribution >= 4 is 0 Å². The molecule has 1 heteroatoms. The third-order valence-corrected chi connectivity index (χ3v) is 6.53. The summed E-state index contributed by atoms with van der Waals surface area (Å²) in [5, 5.41) is 0. The Balaban J connectivity index is 0.000000146. The van der Waals surface area contributed by atoms with Crippen molar-refractivity contribution < 1.29 is 4.74 Å². The van der Waals surface area contributed by atoms with Crippen LogP contribution in [0.15, 0.2) is 0 Å². The van der Waals surface area contributed by atoms with Gasteiger partial charge in [0.1, 0.15) is 0 Å². The molecule has 0 aromatic carbocycles. The molecule has 0 aromatic heterocycles. The Morgan fingerprint density at radius 3 is 1.36 bits per heavy atom. The van der Waals surface area contributed by atoms with E-state index >= 15 is 0 Å². The van der Waals surface area contributed by atoms with Gasteiger partial charge in [-0.25, -0.2) is 0 Å². The summed E-state index contributed by atoms with van der Waals surface area (Å²) >= 11 is 0. The van der Waals surface area contributed by atoms with Crippen LogP contribution in [0.1, 0.15) is 117 Å². The molecule has 4 aliphatic rings. The first-order valence-electron chi connectivity index (χ1n) is 10.5. The van der Waals surface area contributed by atoms with Crippen molar-refractivity contribution in [3.8, 4) is 0 Å². The summed E-state index contributed by atoms with van der Waals surface area (Å²) in [7, 11) is 0. The predicted octanol–water partition coefficient (Wildman–Crippen LogP) is 7.04. The second-order valence-electron chi connectivity index (χ2n) is 7.96. The number of ether oxygens (including phenoxy) is 1. The van der Waals surface area contributed by atoms with Crippen molar-refractivity contribution in [2.75, 3.05) is 6.61 Å². The fourth-order valence-electron chi connectivity index (χ4n) is 4.98. The van der Waals surface area contributed by atoms with E-state index < -0.39 is 0 Å². The van der Waals surface area contributed by atoms with Crippen LogP contribution in [-0.2, 0) is 4.74 Å². The number of rotatable bonds is 0. The van der Waals surface area contributed by atoms with E-state index in [0.29, 0.717) is 5.60 Å². The van der Waals surface area contributed by atoms with Crippen molar-refractivity contribution in [2.24, 2.45) is 5.41 Å². The maximum Gasteiger partial charge on any atom is 0.0682 e. The van der Waals surface area contributed by atoms with Crippen LogP contribution in [-0.4, -0.2) is 12.2 Å². The molecular formula is C21H40O.